The first kappa shape index (κ1) is 14.5. The van der Waals surface area contributed by atoms with Gasteiger partial charge in [0.25, 0.3) is 5.91 Å². The number of nitrogens with zero attached hydrogens (tertiary/aromatic N) is 1. The van der Waals surface area contributed by atoms with E-state index in [1.807, 2.05) is 18.5 Å². The van der Waals surface area contributed by atoms with Crippen molar-refractivity contribution >= 4 is 17.2 Å². The van der Waals surface area contributed by atoms with Crippen LogP contribution in [0.15, 0.2) is 11.4 Å². The highest BCUT2D eigenvalue weighted by Gasteiger charge is 2.21. The lowest BCUT2D eigenvalue weighted by Gasteiger charge is -2.32. The zero-order chi connectivity index (χ0) is 13.7. The molecule has 1 saturated heterocycles. The van der Waals surface area contributed by atoms with Crippen molar-refractivity contribution in [1.82, 2.24) is 15.6 Å². The van der Waals surface area contributed by atoms with Crippen molar-refractivity contribution < 1.29 is 4.79 Å². The van der Waals surface area contributed by atoms with Gasteiger partial charge in [-0.25, -0.2) is 5.84 Å². The fourth-order valence-corrected chi connectivity index (χ4v) is 3.53. The summed E-state index contributed by atoms with van der Waals surface area (Å²) in [5.41, 5.74) is 3.30. The third-order valence-corrected chi connectivity index (χ3v) is 4.53. The van der Waals surface area contributed by atoms with Crippen LogP contribution in [0.3, 0.4) is 0 Å². The second-order valence-electron chi connectivity index (χ2n) is 5.05. The van der Waals surface area contributed by atoms with E-state index in [2.05, 4.69) is 15.6 Å². The van der Waals surface area contributed by atoms with Crippen molar-refractivity contribution in [3.05, 3.63) is 21.9 Å². The normalized spacial score (nSPS) is 20.4. The molecule has 1 aromatic rings. The summed E-state index contributed by atoms with van der Waals surface area (Å²) in [4.78, 5) is 14.8. The van der Waals surface area contributed by atoms with Crippen LogP contribution >= 0.6 is 11.3 Å². The largest absolute Gasteiger partial charge is 0.319 e. The van der Waals surface area contributed by atoms with E-state index < -0.39 is 0 Å². The van der Waals surface area contributed by atoms with Gasteiger partial charge < -0.3 is 5.32 Å². The number of amides is 1. The number of thiophene rings is 1. The Morgan fingerprint density at radius 1 is 1.63 bits per heavy atom. The van der Waals surface area contributed by atoms with Crippen LogP contribution in [0.2, 0.25) is 0 Å². The average Bonchev–Trinajstić information content (AvgIpc) is 2.87. The molecule has 19 heavy (non-hydrogen) atoms. The second kappa shape index (κ2) is 7.00. The van der Waals surface area contributed by atoms with Gasteiger partial charge in [-0.15, -0.1) is 11.3 Å². The number of hydrazine groups is 1. The molecule has 1 fully saturated rings. The maximum absolute atomic E-state index is 11.6. The number of carbonyl (C=O) groups excluding carboxylic acids is 1. The summed E-state index contributed by atoms with van der Waals surface area (Å²) in [7, 11) is 2.00. The minimum atomic E-state index is -0.186. The molecule has 1 aliphatic rings. The van der Waals surface area contributed by atoms with Crippen molar-refractivity contribution in [2.24, 2.45) is 11.8 Å². The van der Waals surface area contributed by atoms with Gasteiger partial charge in [-0.2, -0.15) is 0 Å². The van der Waals surface area contributed by atoms with E-state index in [1.165, 1.54) is 24.2 Å². The summed E-state index contributed by atoms with van der Waals surface area (Å²) in [6, 6.07) is 2.02. The number of hydrogen-bond acceptors (Lipinski definition) is 5. The van der Waals surface area contributed by atoms with Gasteiger partial charge in [-0.05, 0) is 55.9 Å². The highest BCUT2D eigenvalue weighted by Crippen LogP contribution is 2.22. The molecule has 106 valence electrons. The number of carbonyl (C=O) groups is 1. The Kier molecular flexibility index (Phi) is 5.33. The summed E-state index contributed by atoms with van der Waals surface area (Å²) < 4.78 is 0. The molecule has 0 spiro atoms. The monoisotopic (exact) mass is 282 g/mol. The predicted octanol–water partition coefficient (Wildman–Crippen LogP) is 0.783. The first-order valence-electron chi connectivity index (χ1n) is 6.69. The minimum absolute atomic E-state index is 0.186. The molecule has 6 heteroatoms. The van der Waals surface area contributed by atoms with Gasteiger partial charge in [0, 0.05) is 13.1 Å². The molecule has 1 aliphatic heterocycles. The van der Waals surface area contributed by atoms with E-state index in [1.54, 1.807) is 0 Å². The topological polar surface area (TPSA) is 70.4 Å². The first-order valence-corrected chi connectivity index (χ1v) is 7.56. The molecule has 1 aromatic heterocycles. The van der Waals surface area contributed by atoms with Crippen LogP contribution in [0.5, 0.6) is 0 Å². The first-order chi connectivity index (χ1) is 9.24. The molecule has 0 saturated carbocycles. The molecule has 1 amide bonds. The van der Waals surface area contributed by atoms with E-state index in [4.69, 9.17) is 5.84 Å². The predicted molar refractivity (Wildman–Crippen MR) is 77.9 cm³/mol. The van der Waals surface area contributed by atoms with E-state index in [0.29, 0.717) is 5.92 Å². The number of nitrogens with two attached hydrogens (primary N) is 1. The Bertz CT molecular complexity index is 419. The van der Waals surface area contributed by atoms with Crippen molar-refractivity contribution in [2.45, 2.75) is 19.4 Å². The van der Waals surface area contributed by atoms with Crippen LogP contribution in [0, 0.1) is 5.92 Å². The summed E-state index contributed by atoms with van der Waals surface area (Å²) in [6.45, 7) is 4.11. The molecule has 4 N–H and O–H groups in total. The van der Waals surface area contributed by atoms with Crippen molar-refractivity contribution in [1.29, 1.82) is 0 Å². The van der Waals surface area contributed by atoms with Crippen molar-refractivity contribution in [2.75, 3.05) is 26.7 Å². The van der Waals surface area contributed by atoms with E-state index in [9.17, 15) is 4.79 Å². The van der Waals surface area contributed by atoms with Crippen LogP contribution in [0.25, 0.3) is 0 Å². The Labute approximate surface area is 118 Å². The van der Waals surface area contributed by atoms with Gasteiger partial charge in [-0.1, -0.05) is 0 Å². The second-order valence-corrected chi connectivity index (χ2v) is 5.97. The van der Waals surface area contributed by atoms with Crippen molar-refractivity contribution in [3.63, 3.8) is 0 Å². The number of likely N-dealkylation sites (tertiary alicyclic amines) is 1. The highest BCUT2D eigenvalue weighted by atomic mass is 32.1. The standard InChI is InChI=1S/C13H22N4OS/c1-15-7-10-3-2-5-17(8-10)9-11-4-6-19-12(11)13(18)16-14/h4,6,10,15H,2-3,5,7-9,14H2,1H3,(H,16,18). The summed E-state index contributed by atoms with van der Waals surface area (Å²) in [5.74, 6) is 5.74. The SMILES string of the molecule is CNCC1CCCN(Cc2ccsc2C(=O)NN)C1. The maximum Gasteiger partial charge on any atom is 0.275 e. The van der Waals surface area contributed by atoms with Crippen LogP contribution in [0.4, 0.5) is 0 Å². The lowest BCUT2D eigenvalue weighted by Crippen LogP contribution is -2.39. The number of nitrogen functional groups attached to an aromatic ring is 1. The third-order valence-electron chi connectivity index (χ3n) is 3.57. The number of piperidine rings is 1. The van der Waals surface area contributed by atoms with Gasteiger partial charge in [0.2, 0.25) is 0 Å². The summed E-state index contributed by atoms with van der Waals surface area (Å²) in [6.07, 6.45) is 2.52. The van der Waals surface area contributed by atoms with Gasteiger partial charge in [0.05, 0.1) is 4.88 Å². The lowest BCUT2D eigenvalue weighted by atomic mass is 9.97. The third kappa shape index (κ3) is 3.76. The van der Waals surface area contributed by atoms with E-state index in [0.717, 1.165) is 36.6 Å². The summed E-state index contributed by atoms with van der Waals surface area (Å²) in [5, 5.41) is 5.20. The number of hydrogen-bond donors (Lipinski definition) is 3. The molecule has 0 radical (unpaired) electrons. The Hall–Kier alpha value is -0.950. The van der Waals surface area contributed by atoms with Gasteiger partial charge in [0.1, 0.15) is 0 Å². The lowest BCUT2D eigenvalue weighted by molar-refractivity contribution is 0.0954. The minimum Gasteiger partial charge on any atom is -0.319 e. The van der Waals surface area contributed by atoms with Gasteiger partial charge in [0.15, 0.2) is 0 Å². The zero-order valence-corrected chi connectivity index (χ0v) is 12.1. The molecule has 0 aliphatic carbocycles. The molecular weight excluding hydrogens is 260 g/mol. The molecule has 0 bridgehead atoms. The van der Waals surface area contributed by atoms with E-state index in [-0.39, 0.29) is 5.91 Å². The smallest absolute Gasteiger partial charge is 0.275 e. The Morgan fingerprint density at radius 2 is 2.47 bits per heavy atom. The van der Waals surface area contributed by atoms with Crippen molar-refractivity contribution in [3.8, 4) is 0 Å². The molecule has 1 unspecified atom stereocenters. The van der Waals surface area contributed by atoms with Crippen LogP contribution in [-0.2, 0) is 6.54 Å². The Balaban J connectivity index is 1.97. The summed E-state index contributed by atoms with van der Waals surface area (Å²) >= 11 is 1.45. The van der Waals surface area contributed by atoms with Gasteiger partial charge >= 0.3 is 0 Å². The molecule has 2 rings (SSSR count). The fourth-order valence-electron chi connectivity index (χ4n) is 2.72. The molecule has 0 aromatic carbocycles. The maximum atomic E-state index is 11.6. The number of nitrogens with one attached hydrogen (secondary N) is 2. The average molecular weight is 282 g/mol. The Morgan fingerprint density at radius 3 is 3.21 bits per heavy atom. The fraction of sp³-hybridized carbons (Fsp3) is 0.615. The molecular formula is C13H22N4OS. The molecule has 1 atom stereocenters. The van der Waals surface area contributed by atoms with Crippen LogP contribution in [0.1, 0.15) is 28.1 Å². The quantitative estimate of drug-likeness (QED) is 0.424. The number of rotatable bonds is 5. The van der Waals surface area contributed by atoms with Crippen LogP contribution < -0.4 is 16.6 Å². The molecule has 5 nitrogen and oxygen atoms in total. The zero-order valence-electron chi connectivity index (χ0n) is 11.3. The van der Waals surface area contributed by atoms with Crippen LogP contribution in [-0.4, -0.2) is 37.5 Å². The van der Waals surface area contributed by atoms with E-state index >= 15 is 0 Å². The van der Waals surface area contributed by atoms with Gasteiger partial charge in [-0.3, -0.25) is 15.1 Å². The molecule has 2 heterocycles. The highest BCUT2D eigenvalue weighted by molar-refractivity contribution is 7.12.